The summed E-state index contributed by atoms with van der Waals surface area (Å²) in [6.07, 6.45) is 0.580. The molecule has 0 saturated carbocycles. The number of nitrogens with zero attached hydrogens (tertiary/aromatic N) is 2. The maximum atomic E-state index is 12.5. The highest BCUT2D eigenvalue weighted by molar-refractivity contribution is 6.32. The topological polar surface area (TPSA) is 41.0 Å². The molecule has 2 rings (SSSR count). The van der Waals surface area contributed by atoms with Gasteiger partial charge in [-0.05, 0) is 6.08 Å². The molecule has 0 amide bonds. The number of alkyl halides is 3. The zero-order valence-corrected chi connectivity index (χ0v) is 9.55. The maximum absolute atomic E-state index is 12.5. The van der Waals surface area contributed by atoms with E-state index in [1.165, 1.54) is 6.21 Å². The van der Waals surface area contributed by atoms with Gasteiger partial charge in [-0.25, -0.2) is 0 Å². The van der Waals surface area contributed by atoms with Crippen LogP contribution in [0.1, 0.15) is 24.4 Å². The number of dihydropyridines is 1. The van der Waals surface area contributed by atoms with E-state index < -0.39 is 22.9 Å². The Morgan fingerprint density at radius 1 is 1.41 bits per heavy atom. The van der Waals surface area contributed by atoms with E-state index in [-0.39, 0.29) is 11.6 Å². The fraction of sp³-hybridized carbons (Fsp3) is 0.400. The van der Waals surface area contributed by atoms with Crippen LogP contribution in [-0.4, -0.2) is 16.4 Å². The molecule has 1 aliphatic rings. The molecule has 1 aromatic rings. The summed E-state index contributed by atoms with van der Waals surface area (Å²) in [6, 6.07) is -0.448. The van der Waals surface area contributed by atoms with Crippen molar-refractivity contribution in [2.24, 2.45) is 10.9 Å². The summed E-state index contributed by atoms with van der Waals surface area (Å²) < 4.78 is 37.5. The average molecular weight is 264 g/mol. The van der Waals surface area contributed by atoms with Crippen molar-refractivity contribution in [3.05, 3.63) is 28.6 Å². The number of H-pyrrole nitrogens is 1. The van der Waals surface area contributed by atoms with Gasteiger partial charge in [0.15, 0.2) is 5.69 Å². The third kappa shape index (κ3) is 2.22. The second-order valence-corrected chi connectivity index (χ2v) is 4.16. The Kier molecular flexibility index (Phi) is 2.99. The van der Waals surface area contributed by atoms with E-state index in [4.69, 9.17) is 11.6 Å². The molecule has 2 unspecified atom stereocenters. The van der Waals surface area contributed by atoms with Gasteiger partial charge in [-0.1, -0.05) is 24.6 Å². The molecule has 3 nitrogen and oxygen atoms in total. The largest absolute Gasteiger partial charge is 0.436 e. The average Bonchev–Trinajstić information content (AvgIpc) is 2.60. The number of nitrogens with one attached hydrogen (secondary N) is 1. The van der Waals surface area contributed by atoms with Crippen molar-refractivity contribution in [3.63, 3.8) is 0 Å². The number of aromatic nitrogens is 2. The van der Waals surface area contributed by atoms with Gasteiger partial charge in [0.2, 0.25) is 0 Å². The van der Waals surface area contributed by atoms with Gasteiger partial charge in [0.25, 0.3) is 0 Å². The predicted octanol–water partition coefficient (Wildman–Crippen LogP) is 3.40. The van der Waals surface area contributed by atoms with Gasteiger partial charge in [-0.15, -0.1) is 0 Å². The second-order valence-electron chi connectivity index (χ2n) is 3.78. The molecule has 1 aromatic heterocycles. The predicted molar refractivity (Wildman–Crippen MR) is 58.1 cm³/mol. The minimum Gasteiger partial charge on any atom is -0.283 e. The van der Waals surface area contributed by atoms with Gasteiger partial charge >= 0.3 is 6.18 Å². The van der Waals surface area contributed by atoms with E-state index >= 15 is 0 Å². The molecule has 17 heavy (non-hydrogen) atoms. The zero-order chi connectivity index (χ0) is 12.6. The summed E-state index contributed by atoms with van der Waals surface area (Å²) in [4.78, 5) is 4.10. The van der Waals surface area contributed by atoms with Crippen LogP contribution in [-0.2, 0) is 6.18 Å². The molecule has 0 aromatic carbocycles. The van der Waals surface area contributed by atoms with Crippen molar-refractivity contribution < 1.29 is 13.2 Å². The highest BCUT2D eigenvalue weighted by Crippen LogP contribution is 2.39. The molecule has 2 atom stereocenters. The lowest BCUT2D eigenvalue weighted by atomic mass is 9.97. The van der Waals surface area contributed by atoms with Crippen LogP contribution in [0.4, 0.5) is 13.2 Å². The number of rotatable bonds is 1. The molecule has 2 heterocycles. The minimum atomic E-state index is -4.55. The van der Waals surface area contributed by atoms with Crippen molar-refractivity contribution in [1.82, 2.24) is 10.2 Å². The molecule has 0 fully saturated rings. The molecule has 0 saturated heterocycles. The fourth-order valence-electron chi connectivity index (χ4n) is 1.67. The van der Waals surface area contributed by atoms with Crippen molar-refractivity contribution in [2.45, 2.75) is 19.1 Å². The summed E-state index contributed by atoms with van der Waals surface area (Å²) in [5.74, 6) is -0.0287. The summed E-state index contributed by atoms with van der Waals surface area (Å²) in [5.41, 5.74) is -0.891. The molecular formula is C10H9ClF3N3. The smallest absolute Gasteiger partial charge is 0.283 e. The maximum Gasteiger partial charge on any atom is 0.436 e. The van der Waals surface area contributed by atoms with Crippen LogP contribution < -0.4 is 0 Å². The third-order valence-electron chi connectivity index (χ3n) is 2.54. The molecule has 0 bridgehead atoms. The molecule has 0 radical (unpaired) electrons. The summed E-state index contributed by atoms with van der Waals surface area (Å²) in [7, 11) is 0. The second kappa shape index (κ2) is 4.18. The van der Waals surface area contributed by atoms with Gasteiger partial charge in [0, 0.05) is 12.1 Å². The number of hydrogen-bond acceptors (Lipinski definition) is 2. The molecular weight excluding hydrogens is 255 g/mol. The van der Waals surface area contributed by atoms with E-state index in [9.17, 15) is 13.2 Å². The highest BCUT2D eigenvalue weighted by atomic mass is 35.5. The highest BCUT2D eigenvalue weighted by Gasteiger charge is 2.39. The van der Waals surface area contributed by atoms with E-state index in [1.807, 2.05) is 13.0 Å². The lowest BCUT2D eigenvalue weighted by molar-refractivity contribution is -0.141. The van der Waals surface area contributed by atoms with Gasteiger partial charge in [-0.2, -0.15) is 18.3 Å². The van der Waals surface area contributed by atoms with Crippen molar-refractivity contribution >= 4 is 17.8 Å². The summed E-state index contributed by atoms with van der Waals surface area (Å²) in [5, 5.41) is 5.15. The molecule has 1 aliphatic heterocycles. The molecule has 0 aliphatic carbocycles. The van der Waals surface area contributed by atoms with Crippen molar-refractivity contribution in [3.8, 4) is 0 Å². The SMILES string of the molecule is CC1C=CC=NC1c1[nH]nc(C(F)(F)F)c1Cl. The monoisotopic (exact) mass is 263 g/mol. The Labute approximate surface area is 100 Å². The number of hydrogen-bond donors (Lipinski definition) is 1. The molecule has 0 spiro atoms. The van der Waals surface area contributed by atoms with E-state index in [0.29, 0.717) is 0 Å². The van der Waals surface area contributed by atoms with Crippen LogP contribution in [0.15, 0.2) is 17.1 Å². The first-order valence-corrected chi connectivity index (χ1v) is 5.30. The van der Waals surface area contributed by atoms with Crippen molar-refractivity contribution in [2.75, 3.05) is 0 Å². The first kappa shape index (κ1) is 12.2. The van der Waals surface area contributed by atoms with E-state index in [1.54, 1.807) is 6.08 Å². The minimum absolute atomic E-state index is 0.0287. The standard InChI is InChI=1S/C10H9ClF3N3/c1-5-3-2-4-15-7(5)8-6(11)9(17-16-8)10(12,13)14/h2-5,7H,1H3,(H,16,17). The number of halogens is 4. The van der Waals surface area contributed by atoms with Gasteiger partial charge in [0.05, 0.1) is 16.8 Å². The Bertz CT molecular complexity index is 476. The number of aliphatic imine (C=N–C) groups is 1. The van der Waals surface area contributed by atoms with Crippen LogP contribution in [0.2, 0.25) is 5.02 Å². The normalized spacial score (nSPS) is 24.3. The molecule has 92 valence electrons. The summed E-state index contributed by atoms with van der Waals surface area (Å²) in [6.45, 7) is 1.85. The Hall–Kier alpha value is -1.30. The third-order valence-corrected chi connectivity index (χ3v) is 2.92. The number of aromatic amines is 1. The first-order chi connectivity index (χ1) is 7.91. The van der Waals surface area contributed by atoms with E-state index in [0.717, 1.165) is 0 Å². The Morgan fingerprint density at radius 3 is 2.65 bits per heavy atom. The summed E-state index contributed by atoms with van der Waals surface area (Å²) >= 11 is 5.70. The van der Waals surface area contributed by atoms with Crippen LogP contribution in [0.5, 0.6) is 0 Å². The fourth-order valence-corrected chi connectivity index (χ4v) is 1.97. The molecule has 1 N–H and O–H groups in total. The Morgan fingerprint density at radius 2 is 2.12 bits per heavy atom. The van der Waals surface area contributed by atoms with Crippen LogP contribution in [0, 0.1) is 5.92 Å². The van der Waals surface area contributed by atoms with Gasteiger partial charge in [-0.3, -0.25) is 10.1 Å². The first-order valence-electron chi connectivity index (χ1n) is 4.92. The van der Waals surface area contributed by atoms with Crippen molar-refractivity contribution in [1.29, 1.82) is 0 Å². The molecule has 7 heteroatoms. The quantitative estimate of drug-likeness (QED) is 0.829. The lowest BCUT2D eigenvalue weighted by Gasteiger charge is -2.18. The van der Waals surface area contributed by atoms with Gasteiger partial charge < -0.3 is 0 Å². The number of allylic oxidation sites excluding steroid dienone is 1. The Balaban J connectivity index is 2.38. The van der Waals surface area contributed by atoms with Crippen LogP contribution in [0.25, 0.3) is 0 Å². The van der Waals surface area contributed by atoms with Crippen LogP contribution >= 0.6 is 11.6 Å². The lowest BCUT2D eigenvalue weighted by Crippen LogP contribution is -2.10. The van der Waals surface area contributed by atoms with Crippen LogP contribution in [0.3, 0.4) is 0 Å². The van der Waals surface area contributed by atoms with Gasteiger partial charge in [0.1, 0.15) is 0 Å². The van der Waals surface area contributed by atoms with E-state index in [2.05, 4.69) is 15.2 Å². The zero-order valence-electron chi connectivity index (χ0n) is 8.79.